The maximum absolute atomic E-state index is 12.3. The molecular weight excluding hydrogens is 330 g/mol. The fourth-order valence-corrected chi connectivity index (χ4v) is 2.84. The summed E-state index contributed by atoms with van der Waals surface area (Å²) in [4.78, 5) is 37.7. The number of anilines is 1. The molecule has 0 radical (unpaired) electrons. The smallest absolute Gasteiger partial charge is 0.277 e. The predicted octanol–water partition coefficient (Wildman–Crippen LogP) is 1.77. The Balaban J connectivity index is 1.71. The molecule has 0 saturated heterocycles. The number of aromatic amines is 2. The maximum atomic E-state index is 12.3. The molecule has 9 heteroatoms. The summed E-state index contributed by atoms with van der Waals surface area (Å²) >= 11 is 1.15. The topological polar surface area (TPSA) is 113 Å². The van der Waals surface area contributed by atoms with Crippen LogP contribution in [-0.2, 0) is 4.79 Å². The number of benzene rings is 1. The van der Waals surface area contributed by atoms with Crippen LogP contribution in [0.5, 0.6) is 5.75 Å². The van der Waals surface area contributed by atoms with Crippen LogP contribution < -0.4 is 15.6 Å². The van der Waals surface area contributed by atoms with Crippen molar-refractivity contribution >= 4 is 34.5 Å². The van der Waals surface area contributed by atoms with E-state index in [2.05, 4.69) is 25.3 Å². The summed E-state index contributed by atoms with van der Waals surface area (Å²) in [5, 5.41) is 2.68. The molecule has 0 fully saturated rings. The van der Waals surface area contributed by atoms with E-state index in [1.807, 2.05) is 0 Å². The lowest BCUT2D eigenvalue weighted by Gasteiger charge is -2.12. The van der Waals surface area contributed by atoms with Crippen LogP contribution in [-0.4, -0.2) is 38.2 Å². The minimum Gasteiger partial charge on any atom is -0.497 e. The van der Waals surface area contributed by atoms with Crippen molar-refractivity contribution < 1.29 is 9.53 Å². The van der Waals surface area contributed by atoms with Crippen molar-refractivity contribution in [1.82, 2.24) is 19.9 Å². The lowest BCUT2D eigenvalue weighted by atomic mass is 10.3. The Morgan fingerprint density at radius 3 is 3.04 bits per heavy atom. The lowest BCUT2D eigenvalue weighted by molar-refractivity contribution is -0.115. The molecular formula is C15H15N5O3S. The van der Waals surface area contributed by atoms with E-state index in [1.165, 1.54) is 6.33 Å². The van der Waals surface area contributed by atoms with Gasteiger partial charge in [0.15, 0.2) is 16.3 Å². The third-order valence-electron chi connectivity index (χ3n) is 3.27. The van der Waals surface area contributed by atoms with Gasteiger partial charge >= 0.3 is 0 Å². The number of imidazole rings is 1. The summed E-state index contributed by atoms with van der Waals surface area (Å²) in [6.45, 7) is 1.73. The first-order valence-corrected chi connectivity index (χ1v) is 8.00. The van der Waals surface area contributed by atoms with Crippen LogP contribution in [0.25, 0.3) is 11.2 Å². The van der Waals surface area contributed by atoms with Gasteiger partial charge in [0.2, 0.25) is 5.91 Å². The van der Waals surface area contributed by atoms with Crippen LogP contribution in [0, 0.1) is 0 Å². The number of nitrogens with one attached hydrogen (secondary N) is 3. The number of thioether (sulfide) groups is 1. The second kappa shape index (κ2) is 6.75. The molecule has 0 aliphatic carbocycles. The molecule has 3 N–H and O–H groups in total. The number of methoxy groups -OCH3 is 1. The van der Waals surface area contributed by atoms with E-state index in [0.29, 0.717) is 27.8 Å². The summed E-state index contributed by atoms with van der Waals surface area (Å²) in [5.74, 6) is 0.445. The molecule has 0 spiro atoms. The summed E-state index contributed by atoms with van der Waals surface area (Å²) < 4.78 is 5.12. The minimum atomic E-state index is -0.462. The van der Waals surface area contributed by atoms with Gasteiger partial charge < -0.3 is 15.0 Å². The zero-order valence-electron chi connectivity index (χ0n) is 13.0. The fourth-order valence-electron chi connectivity index (χ4n) is 2.04. The van der Waals surface area contributed by atoms with E-state index in [-0.39, 0.29) is 11.5 Å². The van der Waals surface area contributed by atoms with Gasteiger partial charge in [0.05, 0.1) is 18.7 Å². The number of carbonyl (C=O) groups is 1. The van der Waals surface area contributed by atoms with E-state index in [1.54, 1.807) is 38.3 Å². The van der Waals surface area contributed by atoms with Crippen molar-refractivity contribution in [2.75, 3.05) is 12.4 Å². The summed E-state index contributed by atoms with van der Waals surface area (Å²) in [7, 11) is 1.56. The zero-order valence-corrected chi connectivity index (χ0v) is 13.8. The number of amides is 1. The molecule has 0 saturated carbocycles. The molecule has 124 valence electrons. The predicted molar refractivity (Wildman–Crippen MR) is 91.5 cm³/mol. The number of aromatic nitrogens is 4. The van der Waals surface area contributed by atoms with Crippen molar-refractivity contribution in [3.63, 3.8) is 0 Å². The van der Waals surface area contributed by atoms with E-state index in [0.717, 1.165) is 11.8 Å². The van der Waals surface area contributed by atoms with E-state index >= 15 is 0 Å². The van der Waals surface area contributed by atoms with Crippen LogP contribution in [0.4, 0.5) is 5.69 Å². The third kappa shape index (κ3) is 3.40. The standard InChI is InChI=1S/C15H15N5O3S/c1-8(13(21)18-9-4-3-5-10(6-9)23-2)24-15-19-12-11(14(22)20-15)16-7-17-12/h3-8H,1-2H3,(H,18,21)(H2,16,17,19,20,22). The van der Waals surface area contributed by atoms with Gasteiger partial charge in [0.1, 0.15) is 5.75 Å². The average Bonchev–Trinajstić information content (AvgIpc) is 3.04. The Bertz CT molecular complexity index is 936. The SMILES string of the molecule is COc1cccc(NC(=O)C(C)Sc2nc3nc[nH]c3c(=O)[nH]2)c1. The Labute approximate surface area is 141 Å². The fraction of sp³-hybridized carbons (Fsp3) is 0.200. The molecule has 2 aromatic heterocycles. The molecule has 1 atom stereocenters. The lowest BCUT2D eigenvalue weighted by Crippen LogP contribution is -2.23. The quantitative estimate of drug-likeness (QED) is 0.480. The average molecular weight is 345 g/mol. The highest BCUT2D eigenvalue weighted by molar-refractivity contribution is 8.00. The first-order valence-electron chi connectivity index (χ1n) is 7.12. The van der Waals surface area contributed by atoms with Crippen molar-refractivity contribution in [3.8, 4) is 5.75 Å². The number of carbonyl (C=O) groups excluding carboxylic acids is 1. The zero-order chi connectivity index (χ0) is 17.1. The monoisotopic (exact) mass is 345 g/mol. The molecule has 1 aromatic carbocycles. The van der Waals surface area contributed by atoms with Crippen LogP contribution in [0.3, 0.4) is 0 Å². The molecule has 3 aromatic rings. The van der Waals surface area contributed by atoms with Crippen molar-refractivity contribution in [1.29, 1.82) is 0 Å². The van der Waals surface area contributed by atoms with Gasteiger partial charge in [0.25, 0.3) is 5.56 Å². The summed E-state index contributed by atoms with van der Waals surface area (Å²) in [5.41, 5.74) is 0.950. The van der Waals surface area contributed by atoms with Gasteiger partial charge in [-0.15, -0.1) is 0 Å². The van der Waals surface area contributed by atoms with Gasteiger partial charge in [-0.05, 0) is 19.1 Å². The molecule has 24 heavy (non-hydrogen) atoms. The van der Waals surface area contributed by atoms with Gasteiger partial charge in [-0.1, -0.05) is 17.8 Å². The Morgan fingerprint density at radius 1 is 1.42 bits per heavy atom. The second-order valence-corrected chi connectivity index (χ2v) is 6.28. The Morgan fingerprint density at radius 2 is 2.25 bits per heavy atom. The molecule has 1 amide bonds. The molecule has 1 unspecified atom stereocenters. The highest BCUT2D eigenvalue weighted by atomic mass is 32.2. The molecule has 0 bridgehead atoms. The molecule has 8 nitrogen and oxygen atoms in total. The molecule has 3 rings (SSSR count). The van der Waals surface area contributed by atoms with Crippen molar-refractivity contribution in [2.45, 2.75) is 17.3 Å². The van der Waals surface area contributed by atoms with Gasteiger partial charge in [0, 0.05) is 11.8 Å². The summed E-state index contributed by atoms with van der Waals surface area (Å²) in [6.07, 6.45) is 1.40. The number of nitrogens with zero attached hydrogens (tertiary/aromatic N) is 2. The molecule has 2 heterocycles. The van der Waals surface area contributed by atoms with E-state index in [9.17, 15) is 9.59 Å². The van der Waals surface area contributed by atoms with E-state index < -0.39 is 5.25 Å². The normalized spacial score (nSPS) is 12.1. The largest absolute Gasteiger partial charge is 0.497 e. The number of rotatable bonds is 5. The number of hydrogen-bond acceptors (Lipinski definition) is 6. The summed E-state index contributed by atoms with van der Waals surface area (Å²) in [6, 6.07) is 7.08. The van der Waals surface area contributed by atoms with Crippen LogP contribution in [0.1, 0.15) is 6.92 Å². The molecule has 0 aliphatic heterocycles. The Kier molecular flexibility index (Phi) is 4.52. The van der Waals surface area contributed by atoms with Gasteiger partial charge in [-0.2, -0.15) is 0 Å². The van der Waals surface area contributed by atoms with E-state index in [4.69, 9.17) is 4.74 Å². The first-order chi connectivity index (χ1) is 11.6. The molecule has 0 aliphatic rings. The van der Waals surface area contributed by atoms with Gasteiger partial charge in [-0.25, -0.2) is 9.97 Å². The number of fused-ring (bicyclic) bond motifs is 1. The number of hydrogen-bond donors (Lipinski definition) is 3. The highest BCUT2D eigenvalue weighted by Gasteiger charge is 2.17. The number of ether oxygens (including phenoxy) is 1. The van der Waals surface area contributed by atoms with Crippen molar-refractivity contribution in [2.24, 2.45) is 0 Å². The minimum absolute atomic E-state index is 0.210. The van der Waals surface area contributed by atoms with Crippen LogP contribution >= 0.6 is 11.8 Å². The van der Waals surface area contributed by atoms with Crippen molar-refractivity contribution in [3.05, 3.63) is 40.9 Å². The van der Waals surface area contributed by atoms with Crippen LogP contribution in [0.15, 0.2) is 40.5 Å². The third-order valence-corrected chi connectivity index (χ3v) is 4.25. The first kappa shape index (κ1) is 16.1. The number of H-pyrrole nitrogens is 2. The van der Waals surface area contributed by atoms with Gasteiger partial charge in [-0.3, -0.25) is 14.6 Å². The highest BCUT2D eigenvalue weighted by Crippen LogP contribution is 2.22. The second-order valence-electron chi connectivity index (χ2n) is 4.95. The Hall–Kier alpha value is -2.81. The van der Waals surface area contributed by atoms with Crippen LogP contribution in [0.2, 0.25) is 0 Å². The maximum Gasteiger partial charge on any atom is 0.277 e.